The van der Waals surface area contributed by atoms with Gasteiger partial charge < -0.3 is 10.5 Å². The fourth-order valence-electron chi connectivity index (χ4n) is 2.44. The van der Waals surface area contributed by atoms with Crippen molar-refractivity contribution < 1.29 is 9.13 Å². The number of fused-ring (bicyclic) bond motifs is 1. The minimum Gasteiger partial charge on any atom is -0.457 e. The second kappa shape index (κ2) is 5.62. The van der Waals surface area contributed by atoms with Crippen LogP contribution in [0, 0.1) is 5.82 Å². The standard InChI is InChI=1S/C17H12FN5O/c18-11-2-1-3-13(8-11)24-12-6-4-10(5-7-12)15-14-16(19)20-9-21-17(14)23-22-15/h1-9H,(H3,19,20,21,22,23). The predicted octanol–water partition coefficient (Wildman–Crippen LogP) is 3.53. The highest BCUT2D eigenvalue weighted by Crippen LogP contribution is 2.30. The number of nitrogen functional groups attached to an aromatic ring is 1. The smallest absolute Gasteiger partial charge is 0.161 e. The molecule has 0 fully saturated rings. The van der Waals surface area contributed by atoms with E-state index in [0.29, 0.717) is 34.0 Å². The Morgan fingerprint density at radius 2 is 1.83 bits per heavy atom. The second-order valence-electron chi connectivity index (χ2n) is 5.14. The molecule has 0 radical (unpaired) electrons. The number of H-pyrrole nitrogens is 1. The van der Waals surface area contributed by atoms with E-state index >= 15 is 0 Å². The number of aromatic nitrogens is 4. The first-order chi connectivity index (χ1) is 11.7. The molecule has 118 valence electrons. The maximum atomic E-state index is 13.2. The van der Waals surface area contributed by atoms with Crippen molar-refractivity contribution in [1.29, 1.82) is 0 Å². The third-order valence-corrected chi connectivity index (χ3v) is 3.55. The Balaban J connectivity index is 1.66. The van der Waals surface area contributed by atoms with Gasteiger partial charge in [-0.2, -0.15) is 5.10 Å². The third kappa shape index (κ3) is 2.52. The Bertz CT molecular complexity index is 1010. The third-order valence-electron chi connectivity index (χ3n) is 3.55. The molecule has 0 atom stereocenters. The minimum atomic E-state index is -0.345. The number of nitrogens with two attached hydrogens (primary N) is 1. The maximum absolute atomic E-state index is 13.2. The van der Waals surface area contributed by atoms with Crippen molar-refractivity contribution in [3.63, 3.8) is 0 Å². The molecule has 0 saturated carbocycles. The molecule has 0 unspecified atom stereocenters. The van der Waals surface area contributed by atoms with E-state index in [9.17, 15) is 4.39 Å². The topological polar surface area (TPSA) is 89.7 Å². The highest BCUT2D eigenvalue weighted by atomic mass is 19.1. The van der Waals surface area contributed by atoms with Gasteiger partial charge in [0.05, 0.1) is 5.39 Å². The number of aromatic amines is 1. The summed E-state index contributed by atoms with van der Waals surface area (Å²) in [6.07, 6.45) is 1.38. The van der Waals surface area contributed by atoms with E-state index < -0.39 is 0 Å². The van der Waals surface area contributed by atoms with Crippen molar-refractivity contribution in [1.82, 2.24) is 20.2 Å². The number of nitrogens with one attached hydrogen (secondary N) is 1. The van der Waals surface area contributed by atoms with Crippen LogP contribution in [0.5, 0.6) is 11.5 Å². The molecule has 0 aliphatic carbocycles. The summed E-state index contributed by atoms with van der Waals surface area (Å²) in [5.74, 6) is 1.05. The number of rotatable bonds is 3. The van der Waals surface area contributed by atoms with Crippen LogP contribution in [0.15, 0.2) is 54.9 Å². The highest BCUT2D eigenvalue weighted by Gasteiger charge is 2.12. The van der Waals surface area contributed by atoms with Gasteiger partial charge in [0.1, 0.15) is 35.2 Å². The molecule has 3 N–H and O–H groups in total. The zero-order valence-corrected chi connectivity index (χ0v) is 12.4. The van der Waals surface area contributed by atoms with Gasteiger partial charge in [-0.15, -0.1) is 0 Å². The van der Waals surface area contributed by atoms with Gasteiger partial charge in [0.15, 0.2) is 5.65 Å². The predicted molar refractivity (Wildman–Crippen MR) is 88.0 cm³/mol. The number of benzene rings is 2. The van der Waals surface area contributed by atoms with E-state index in [0.717, 1.165) is 5.56 Å². The molecule has 0 amide bonds. The first-order valence-corrected chi connectivity index (χ1v) is 7.19. The van der Waals surface area contributed by atoms with Crippen LogP contribution in [0.2, 0.25) is 0 Å². The molecular formula is C17H12FN5O. The monoisotopic (exact) mass is 321 g/mol. The Labute approximate surface area is 136 Å². The first kappa shape index (κ1) is 14.1. The lowest BCUT2D eigenvalue weighted by atomic mass is 10.1. The molecule has 24 heavy (non-hydrogen) atoms. The summed E-state index contributed by atoms with van der Waals surface area (Å²) in [6.45, 7) is 0. The van der Waals surface area contributed by atoms with Crippen molar-refractivity contribution in [2.75, 3.05) is 5.73 Å². The van der Waals surface area contributed by atoms with Crippen LogP contribution in [0.4, 0.5) is 10.2 Å². The fraction of sp³-hybridized carbons (Fsp3) is 0. The molecule has 7 heteroatoms. The summed E-state index contributed by atoms with van der Waals surface area (Å²) in [4.78, 5) is 8.09. The molecule has 0 spiro atoms. The molecule has 2 aromatic heterocycles. The lowest BCUT2D eigenvalue weighted by Crippen LogP contribution is -1.92. The maximum Gasteiger partial charge on any atom is 0.161 e. The summed E-state index contributed by atoms with van der Waals surface area (Å²) in [6, 6.07) is 13.2. The molecule has 0 aliphatic heterocycles. The molecule has 4 aromatic rings. The van der Waals surface area contributed by atoms with Crippen molar-refractivity contribution in [3.05, 3.63) is 60.7 Å². The normalized spacial score (nSPS) is 10.9. The summed E-state index contributed by atoms with van der Waals surface area (Å²) >= 11 is 0. The van der Waals surface area contributed by atoms with Gasteiger partial charge >= 0.3 is 0 Å². The van der Waals surface area contributed by atoms with Crippen LogP contribution in [0.3, 0.4) is 0 Å². The van der Waals surface area contributed by atoms with Crippen LogP contribution in [-0.4, -0.2) is 20.2 Å². The Morgan fingerprint density at radius 3 is 2.62 bits per heavy atom. The molecule has 2 heterocycles. The van der Waals surface area contributed by atoms with Gasteiger partial charge in [0.2, 0.25) is 0 Å². The first-order valence-electron chi connectivity index (χ1n) is 7.19. The Kier molecular flexibility index (Phi) is 3.31. The number of halogens is 1. The van der Waals surface area contributed by atoms with Crippen LogP contribution in [-0.2, 0) is 0 Å². The second-order valence-corrected chi connectivity index (χ2v) is 5.14. The SMILES string of the molecule is Nc1ncnc2[nH]nc(-c3ccc(Oc4cccc(F)c4)cc3)c12. The fourth-order valence-corrected chi connectivity index (χ4v) is 2.44. The summed E-state index contributed by atoms with van der Waals surface area (Å²) in [7, 11) is 0. The molecular weight excluding hydrogens is 309 g/mol. The van der Waals surface area contributed by atoms with Crippen LogP contribution >= 0.6 is 0 Å². The van der Waals surface area contributed by atoms with Crippen LogP contribution < -0.4 is 10.5 Å². The highest BCUT2D eigenvalue weighted by molar-refractivity contribution is 5.97. The molecule has 2 aromatic carbocycles. The molecule has 0 saturated heterocycles. The molecule has 0 aliphatic rings. The summed E-state index contributed by atoms with van der Waals surface area (Å²) in [5, 5.41) is 7.76. The lowest BCUT2D eigenvalue weighted by Gasteiger charge is -2.06. The number of anilines is 1. The average molecular weight is 321 g/mol. The summed E-state index contributed by atoms with van der Waals surface area (Å²) in [5.41, 5.74) is 8.00. The Hall–Kier alpha value is -3.48. The zero-order chi connectivity index (χ0) is 16.5. The van der Waals surface area contributed by atoms with Crippen LogP contribution in [0.25, 0.3) is 22.3 Å². The largest absolute Gasteiger partial charge is 0.457 e. The van der Waals surface area contributed by atoms with Crippen molar-refractivity contribution in [2.24, 2.45) is 0 Å². The van der Waals surface area contributed by atoms with E-state index in [4.69, 9.17) is 10.5 Å². The van der Waals surface area contributed by atoms with Gasteiger partial charge in [-0.3, -0.25) is 5.10 Å². The number of hydrogen-bond acceptors (Lipinski definition) is 5. The molecule has 6 nitrogen and oxygen atoms in total. The average Bonchev–Trinajstić information content (AvgIpc) is 3.01. The van der Waals surface area contributed by atoms with Gasteiger partial charge in [-0.25, -0.2) is 14.4 Å². The molecule has 0 bridgehead atoms. The van der Waals surface area contributed by atoms with E-state index in [-0.39, 0.29) is 5.82 Å². The van der Waals surface area contributed by atoms with Gasteiger partial charge in [0.25, 0.3) is 0 Å². The van der Waals surface area contributed by atoms with Crippen molar-refractivity contribution in [2.45, 2.75) is 0 Å². The van der Waals surface area contributed by atoms with Gasteiger partial charge in [-0.1, -0.05) is 6.07 Å². The molecule has 4 rings (SSSR count). The Morgan fingerprint density at radius 1 is 1.00 bits per heavy atom. The number of nitrogens with zero attached hydrogens (tertiary/aromatic N) is 3. The van der Waals surface area contributed by atoms with Gasteiger partial charge in [-0.05, 0) is 36.4 Å². The van der Waals surface area contributed by atoms with Crippen molar-refractivity contribution >= 4 is 16.9 Å². The van der Waals surface area contributed by atoms with Gasteiger partial charge in [0, 0.05) is 11.6 Å². The van der Waals surface area contributed by atoms with Crippen molar-refractivity contribution in [3.8, 4) is 22.8 Å². The van der Waals surface area contributed by atoms with E-state index in [1.54, 1.807) is 24.3 Å². The van der Waals surface area contributed by atoms with Crippen LogP contribution in [0.1, 0.15) is 0 Å². The van der Waals surface area contributed by atoms with E-state index in [1.165, 1.54) is 18.5 Å². The zero-order valence-electron chi connectivity index (χ0n) is 12.4. The lowest BCUT2D eigenvalue weighted by molar-refractivity contribution is 0.477. The van der Waals surface area contributed by atoms with E-state index in [2.05, 4.69) is 20.2 Å². The van der Waals surface area contributed by atoms with E-state index in [1.807, 2.05) is 12.1 Å². The minimum absolute atomic E-state index is 0.345. The number of hydrogen-bond donors (Lipinski definition) is 2. The number of ether oxygens (including phenoxy) is 1. The quantitative estimate of drug-likeness (QED) is 0.602. The summed E-state index contributed by atoms with van der Waals surface area (Å²) < 4.78 is 18.8.